The van der Waals surface area contributed by atoms with Gasteiger partial charge in [0.25, 0.3) is 0 Å². The lowest BCUT2D eigenvalue weighted by molar-refractivity contribution is 0.171. The number of H-pyrrole nitrogens is 1. The second-order valence-electron chi connectivity index (χ2n) is 4.35. The molecule has 0 aliphatic heterocycles. The molecule has 2 atom stereocenters. The van der Waals surface area contributed by atoms with Gasteiger partial charge in [-0.3, -0.25) is 0 Å². The summed E-state index contributed by atoms with van der Waals surface area (Å²) in [5, 5.41) is 13.0. The molecule has 1 heterocycles. The van der Waals surface area contributed by atoms with Gasteiger partial charge >= 0.3 is 0 Å². The average Bonchev–Trinajstić information content (AvgIpc) is 2.85. The molecule has 1 aliphatic rings. The number of benzene rings is 1. The summed E-state index contributed by atoms with van der Waals surface area (Å²) in [5.41, 5.74) is 1.98. The first-order valence-electron chi connectivity index (χ1n) is 5.72. The van der Waals surface area contributed by atoms with Crippen LogP contribution in [0.15, 0.2) is 24.3 Å². The van der Waals surface area contributed by atoms with Crippen molar-refractivity contribution in [2.45, 2.75) is 31.4 Å². The molecule has 1 aliphatic carbocycles. The van der Waals surface area contributed by atoms with E-state index in [9.17, 15) is 5.11 Å². The van der Waals surface area contributed by atoms with Crippen molar-refractivity contribution in [3.05, 3.63) is 24.3 Å². The fraction of sp³-hybridized carbons (Fsp3) is 0.417. The highest BCUT2D eigenvalue weighted by Gasteiger charge is 2.25. The van der Waals surface area contributed by atoms with Gasteiger partial charge < -0.3 is 15.4 Å². The summed E-state index contributed by atoms with van der Waals surface area (Å²) < 4.78 is 0. The van der Waals surface area contributed by atoms with E-state index in [0.29, 0.717) is 0 Å². The van der Waals surface area contributed by atoms with E-state index in [4.69, 9.17) is 0 Å². The first-order valence-corrected chi connectivity index (χ1v) is 5.72. The van der Waals surface area contributed by atoms with E-state index >= 15 is 0 Å². The van der Waals surface area contributed by atoms with E-state index in [1.807, 2.05) is 24.3 Å². The van der Waals surface area contributed by atoms with Crippen LogP contribution < -0.4 is 5.32 Å². The number of aromatic amines is 1. The van der Waals surface area contributed by atoms with Crippen molar-refractivity contribution >= 4 is 17.0 Å². The molecule has 0 bridgehead atoms. The summed E-state index contributed by atoms with van der Waals surface area (Å²) in [5.74, 6) is 0.757. The highest BCUT2D eigenvalue weighted by Crippen LogP contribution is 2.22. The lowest BCUT2D eigenvalue weighted by Gasteiger charge is -2.15. The Labute approximate surface area is 93.7 Å². The number of aliphatic hydroxyl groups excluding tert-OH is 1. The Morgan fingerprint density at radius 1 is 1.31 bits per heavy atom. The fourth-order valence-corrected chi connectivity index (χ4v) is 2.31. The number of para-hydroxylation sites is 2. The molecule has 2 unspecified atom stereocenters. The summed E-state index contributed by atoms with van der Waals surface area (Å²) in [6, 6.07) is 8.06. The third-order valence-corrected chi connectivity index (χ3v) is 3.19. The van der Waals surface area contributed by atoms with Crippen LogP contribution in [0.4, 0.5) is 5.95 Å². The van der Waals surface area contributed by atoms with Crippen LogP contribution in [0.5, 0.6) is 0 Å². The largest absolute Gasteiger partial charge is 0.391 e. The maximum Gasteiger partial charge on any atom is 0.201 e. The second kappa shape index (κ2) is 3.79. The van der Waals surface area contributed by atoms with Crippen LogP contribution in [0.2, 0.25) is 0 Å². The van der Waals surface area contributed by atoms with E-state index in [0.717, 1.165) is 36.2 Å². The number of fused-ring (bicyclic) bond motifs is 1. The molecule has 3 N–H and O–H groups in total. The number of aliphatic hydroxyl groups is 1. The fourth-order valence-electron chi connectivity index (χ4n) is 2.31. The minimum Gasteiger partial charge on any atom is -0.391 e. The number of aromatic nitrogens is 2. The molecule has 16 heavy (non-hydrogen) atoms. The molecule has 1 saturated carbocycles. The van der Waals surface area contributed by atoms with E-state index in [-0.39, 0.29) is 12.1 Å². The smallest absolute Gasteiger partial charge is 0.201 e. The zero-order valence-corrected chi connectivity index (χ0v) is 8.98. The number of nitrogens with zero attached hydrogens (tertiary/aromatic N) is 1. The first-order chi connectivity index (χ1) is 7.83. The van der Waals surface area contributed by atoms with Crippen molar-refractivity contribution < 1.29 is 5.11 Å². The van der Waals surface area contributed by atoms with E-state index in [1.54, 1.807) is 0 Å². The molecule has 4 nitrogen and oxygen atoms in total. The van der Waals surface area contributed by atoms with Crippen LogP contribution in [0.25, 0.3) is 11.0 Å². The molecular weight excluding hydrogens is 202 g/mol. The van der Waals surface area contributed by atoms with Gasteiger partial charge in [-0.2, -0.15) is 0 Å². The number of hydrogen-bond donors (Lipinski definition) is 3. The van der Waals surface area contributed by atoms with Crippen molar-refractivity contribution in [3.63, 3.8) is 0 Å². The lowest BCUT2D eigenvalue weighted by atomic mass is 10.2. The van der Waals surface area contributed by atoms with Gasteiger partial charge in [0, 0.05) is 0 Å². The van der Waals surface area contributed by atoms with Crippen LogP contribution in [0.3, 0.4) is 0 Å². The number of imidazole rings is 1. The maximum absolute atomic E-state index is 9.72. The van der Waals surface area contributed by atoms with Crippen LogP contribution in [-0.2, 0) is 0 Å². The SMILES string of the molecule is OC1CCCC1Nc1nc2ccccc2[nH]1. The van der Waals surface area contributed by atoms with Crippen molar-refractivity contribution in [3.8, 4) is 0 Å². The molecule has 4 heteroatoms. The standard InChI is InChI=1S/C12H15N3O/c16-11-7-3-6-10(11)15-12-13-8-4-1-2-5-9(8)14-12/h1-2,4-5,10-11,16H,3,6-7H2,(H2,13,14,15). The van der Waals surface area contributed by atoms with Gasteiger partial charge in [-0.15, -0.1) is 0 Å². The Morgan fingerprint density at radius 2 is 2.19 bits per heavy atom. The minimum atomic E-state index is -0.242. The molecule has 84 valence electrons. The third-order valence-electron chi connectivity index (χ3n) is 3.19. The quantitative estimate of drug-likeness (QED) is 0.720. The predicted molar refractivity (Wildman–Crippen MR) is 63.4 cm³/mol. The average molecular weight is 217 g/mol. The molecule has 0 amide bonds. The number of anilines is 1. The topological polar surface area (TPSA) is 60.9 Å². The molecule has 0 spiro atoms. The summed E-state index contributed by atoms with van der Waals surface area (Å²) in [6.45, 7) is 0. The first kappa shape index (κ1) is 9.66. The summed E-state index contributed by atoms with van der Waals surface area (Å²) >= 11 is 0. The normalized spacial score (nSPS) is 25.1. The van der Waals surface area contributed by atoms with Crippen LogP contribution in [0, 0.1) is 0 Å². The highest BCUT2D eigenvalue weighted by molar-refractivity contribution is 5.77. The zero-order chi connectivity index (χ0) is 11.0. The van der Waals surface area contributed by atoms with Crippen molar-refractivity contribution in [1.29, 1.82) is 0 Å². The molecule has 0 radical (unpaired) electrons. The molecule has 1 fully saturated rings. The highest BCUT2D eigenvalue weighted by atomic mass is 16.3. The Morgan fingerprint density at radius 3 is 2.94 bits per heavy atom. The van der Waals surface area contributed by atoms with Gasteiger partial charge in [0.1, 0.15) is 0 Å². The monoisotopic (exact) mass is 217 g/mol. The van der Waals surface area contributed by atoms with Gasteiger partial charge in [-0.1, -0.05) is 12.1 Å². The third kappa shape index (κ3) is 1.65. The number of rotatable bonds is 2. The van der Waals surface area contributed by atoms with Crippen LogP contribution >= 0.6 is 0 Å². The van der Waals surface area contributed by atoms with E-state index in [2.05, 4.69) is 15.3 Å². The summed E-state index contributed by atoms with van der Waals surface area (Å²) in [7, 11) is 0. The minimum absolute atomic E-state index is 0.139. The van der Waals surface area contributed by atoms with Gasteiger partial charge in [-0.05, 0) is 31.4 Å². The Bertz CT molecular complexity index is 461. The number of hydrogen-bond acceptors (Lipinski definition) is 3. The van der Waals surface area contributed by atoms with Gasteiger partial charge in [-0.25, -0.2) is 4.98 Å². The zero-order valence-electron chi connectivity index (χ0n) is 8.98. The maximum atomic E-state index is 9.72. The Balaban J connectivity index is 1.83. The molecular formula is C12H15N3O. The van der Waals surface area contributed by atoms with Gasteiger partial charge in [0.2, 0.25) is 5.95 Å². The second-order valence-corrected chi connectivity index (χ2v) is 4.35. The van der Waals surface area contributed by atoms with E-state index in [1.165, 1.54) is 0 Å². The molecule has 1 aromatic heterocycles. The Kier molecular flexibility index (Phi) is 2.29. The van der Waals surface area contributed by atoms with Gasteiger partial charge in [0.05, 0.1) is 23.2 Å². The van der Waals surface area contributed by atoms with Crippen molar-refractivity contribution in [2.75, 3.05) is 5.32 Å². The molecule has 0 saturated heterocycles. The van der Waals surface area contributed by atoms with Crippen molar-refractivity contribution in [1.82, 2.24) is 9.97 Å². The lowest BCUT2D eigenvalue weighted by Crippen LogP contribution is -2.28. The van der Waals surface area contributed by atoms with E-state index < -0.39 is 0 Å². The molecule has 3 rings (SSSR count). The van der Waals surface area contributed by atoms with Crippen LogP contribution in [-0.4, -0.2) is 27.2 Å². The van der Waals surface area contributed by atoms with Crippen LogP contribution in [0.1, 0.15) is 19.3 Å². The molecule has 1 aromatic carbocycles. The Hall–Kier alpha value is -1.55. The van der Waals surface area contributed by atoms with Crippen molar-refractivity contribution in [2.24, 2.45) is 0 Å². The molecule has 2 aromatic rings. The number of nitrogens with one attached hydrogen (secondary N) is 2. The summed E-state index contributed by atoms with van der Waals surface area (Å²) in [4.78, 5) is 7.64. The summed E-state index contributed by atoms with van der Waals surface area (Å²) in [6.07, 6.45) is 2.74. The van der Waals surface area contributed by atoms with Gasteiger partial charge in [0.15, 0.2) is 0 Å². The predicted octanol–water partition coefficient (Wildman–Crippen LogP) is 1.89.